The predicted molar refractivity (Wildman–Crippen MR) is 116 cm³/mol. The number of thiophene rings is 1. The third kappa shape index (κ3) is 3.53. The predicted octanol–water partition coefficient (Wildman–Crippen LogP) is 4.89. The van der Waals surface area contributed by atoms with E-state index >= 15 is 0 Å². The van der Waals surface area contributed by atoms with E-state index in [0.29, 0.717) is 12.3 Å². The van der Waals surface area contributed by atoms with Crippen molar-refractivity contribution in [1.82, 2.24) is 19.5 Å². The number of hydrogen-bond acceptors (Lipinski definition) is 5. The van der Waals surface area contributed by atoms with Gasteiger partial charge in [-0.05, 0) is 37.0 Å². The third-order valence-electron chi connectivity index (χ3n) is 5.51. The van der Waals surface area contributed by atoms with E-state index in [2.05, 4.69) is 15.3 Å². The van der Waals surface area contributed by atoms with Crippen LogP contribution in [0.3, 0.4) is 0 Å². The van der Waals surface area contributed by atoms with Crippen LogP contribution in [0.2, 0.25) is 0 Å². The zero-order valence-corrected chi connectivity index (χ0v) is 16.9. The molecule has 0 atom stereocenters. The molecule has 1 aliphatic rings. The molecule has 1 N–H and O–H groups in total. The average molecular weight is 404 g/mol. The summed E-state index contributed by atoms with van der Waals surface area (Å²) in [7, 11) is 1.98. The van der Waals surface area contributed by atoms with Gasteiger partial charge >= 0.3 is 0 Å². The first-order valence-electron chi connectivity index (χ1n) is 9.78. The zero-order valence-electron chi connectivity index (χ0n) is 16.1. The lowest BCUT2D eigenvalue weighted by molar-refractivity contribution is -0.117. The van der Waals surface area contributed by atoms with Crippen molar-refractivity contribution < 1.29 is 4.79 Å². The number of aryl methyl sites for hydroxylation is 1. The zero-order chi connectivity index (χ0) is 19.8. The summed E-state index contributed by atoms with van der Waals surface area (Å²) in [5.74, 6) is 0.660. The van der Waals surface area contributed by atoms with Crippen LogP contribution in [0.1, 0.15) is 25.7 Å². The fourth-order valence-corrected chi connectivity index (χ4v) is 4.50. The van der Waals surface area contributed by atoms with Crippen molar-refractivity contribution in [2.24, 2.45) is 13.0 Å². The third-order valence-corrected chi connectivity index (χ3v) is 6.47. The maximum absolute atomic E-state index is 12.2. The van der Waals surface area contributed by atoms with Crippen LogP contribution >= 0.6 is 11.3 Å². The van der Waals surface area contributed by atoms with Crippen molar-refractivity contribution in [2.45, 2.75) is 25.7 Å². The summed E-state index contributed by atoms with van der Waals surface area (Å²) in [6, 6.07) is 5.99. The molecule has 29 heavy (non-hydrogen) atoms. The second kappa shape index (κ2) is 7.40. The quantitative estimate of drug-likeness (QED) is 0.515. The van der Waals surface area contributed by atoms with Gasteiger partial charge in [-0.15, -0.1) is 11.3 Å². The second-order valence-electron chi connectivity index (χ2n) is 7.56. The number of fused-ring (bicyclic) bond motifs is 1. The van der Waals surface area contributed by atoms with Crippen LogP contribution in [0.25, 0.3) is 32.9 Å². The summed E-state index contributed by atoms with van der Waals surface area (Å²) in [5.41, 5.74) is 4.37. The van der Waals surface area contributed by atoms with E-state index < -0.39 is 0 Å². The van der Waals surface area contributed by atoms with Crippen LogP contribution in [0, 0.1) is 5.92 Å². The van der Waals surface area contributed by atoms with Crippen LogP contribution in [-0.2, 0) is 11.8 Å². The molecular weight excluding hydrogens is 382 g/mol. The molecule has 5 rings (SSSR count). The Balaban J connectivity index is 1.40. The largest absolute Gasteiger partial charge is 0.336 e. The fraction of sp³-hybridized carbons (Fsp3) is 0.273. The molecule has 0 spiro atoms. The summed E-state index contributed by atoms with van der Waals surface area (Å²) in [6.45, 7) is 0. The van der Waals surface area contributed by atoms with E-state index in [4.69, 9.17) is 4.98 Å². The Morgan fingerprint density at radius 1 is 1.28 bits per heavy atom. The highest BCUT2D eigenvalue weighted by Crippen LogP contribution is 2.33. The molecule has 4 heterocycles. The van der Waals surface area contributed by atoms with Crippen molar-refractivity contribution >= 4 is 34.0 Å². The maximum atomic E-state index is 12.2. The Hall–Kier alpha value is -3.06. The summed E-state index contributed by atoms with van der Waals surface area (Å²) >= 11 is 1.56. The number of rotatable bonds is 5. The van der Waals surface area contributed by atoms with Gasteiger partial charge in [0.15, 0.2) is 0 Å². The number of amides is 1. The van der Waals surface area contributed by atoms with Crippen molar-refractivity contribution in [3.05, 3.63) is 48.4 Å². The van der Waals surface area contributed by atoms with Gasteiger partial charge < -0.3 is 9.88 Å². The standard InChI is InChI=1S/C22H21N5OS/c1-27-8-6-17-16(5-7-24-22(17)27)18-11-23-12-19(26-18)20-10-15(13-29-20)25-21(28)9-14-3-2-4-14/h5-8,10-14H,2-4,9H2,1H3,(H,25,28). The molecule has 1 saturated carbocycles. The Kier molecular flexibility index (Phi) is 4.60. The van der Waals surface area contributed by atoms with Crippen LogP contribution in [-0.4, -0.2) is 25.4 Å². The molecule has 0 aromatic carbocycles. The van der Waals surface area contributed by atoms with Gasteiger partial charge in [-0.3, -0.25) is 9.78 Å². The first-order chi connectivity index (χ1) is 14.2. The minimum absolute atomic E-state index is 0.0992. The highest BCUT2D eigenvalue weighted by Gasteiger charge is 2.21. The SMILES string of the molecule is Cn1ccc2c(-c3cncc(-c4cc(NC(=O)CC5CCC5)cs4)n3)ccnc21. The number of carbonyl (C=O) groups is 1. The number of aromatic nitrogens is 4. The maximum Gasteiger partial charge on any atom is 0.224 e. The average Bonchev–Trinajstić information content (AvgIpc) is 3.32. The fourth-order valence-electron chi connectivity index (χ4n) is 3.71. The smallest absolute Gasteiger partial charge is 0.224 e. The van der Waals surface area contributed by atoms with Crippen LogP contribution in [0.4, 0.5) is 5.69 Å². The van der Waals surface area contributed by atoms with E-state index in [9.17, 15) is 4.79 Å². The highest BCUT2D eigenvalue weighted by atomic mass is 32.1. The van der Waals surface area contributed by atoms with Crippen molar-refractivity contribution in [2.75, 3.05) is 5.32 Å². The van der Waals surface area contributed by atoms with E-state index in [1.54, 1.807) is 29.9 Å². The van der Waals surface area contributed by atoms with Gasteiger partial charge in [0, 0.05) is 42.2 Å². The molecule has 1 fully saturated rings. The molecule has 0 unspecified atom stereocenters. The highest BCUT2D eigenvalue weighted by molar-refractivity contribution is 7.14. The first kappa shape index (κ1) is 18.0. The second-order valence-corrected chi connectivity index (χ2v) is 8.47. The number of anilines is 1. The number of pyridine rings is 1. The van der Waals surface area contributed by atoms with Crippen LogP contribution in [0.15, 0.2) is 48.4 Å². The molecule has 4 aromatic heterocycles. The van der Waals surface area contributed by atoms with Gasteiger partial charge in [-0.2, -0.15) is 0 Å². The van der Waals surface area contributed by atoms with Gasteiger partial charge in [0.2, 0.25) is 5.91 Å². The molecule has 0 aliphatic heterocycles. The van der Waals surface area contributed by atoms with Gasteiger partial charge in [0.05, 0.1) is 34.3 Å². The first-order valence-corrected chi connectivity index (χ1v) is 10.7. The number of hydrogen-bond donors (Lipinski definition) is 1. The van der Waals surface area contributed by atoms with E-state index in [-0.39, 0.29) is 5.91 Å². The van der Waals surface area contributed by atoms with Gasteiger partial charge in [0.25, 0.3) is 0 Å². The van der Waals surface area contributed by atoms with Crippen LogP contribution in [0.5, 0.6) is 0 Å². The molecule has 4 aromatic rings. The lowest BCUT2D eigenvalue weighted by Crippen LogP contribution is -2.20. The Morgan fingerprint density at radius 3 is 2.97 bits per heavy atom. The molecule has 1 aliphatic carbocycles. The lowest BCUT2D eigenvalue weighted by Gasteiger charge is -2.24. The molecule has 0 saturated heterocycles. The van der Waals surface area contributed by atoms with E-state index in [1.807, 2.05) is 41.4 Å². The molecular formula is C22H21N5OS. The van der Waals surface area contributed by atoms with Crippen LogP contribution < -0.4 is 5.32 Å². The molecule has 1 amide bonds. The summed E-state index contributed by atoms with van der Waals surface area (Å²) in [5, 5.41) is 6.03. The Bertz CT molecular complexity index is 1190. The summed E-state index contributed by atoms with van der Waals surface area (Å²) < 4.78 is 1.99. The molecule has 6 nitrogen and oxygen atoms in total. The molecule has 146 valence electrons. The minimum atomic E-state index is 0.0992. The van der Waals surface area contributed by atoms with Crippen molar-refractivity contribution in [3.63, 3.8) is 0 Å². The number of nitrogens with one attached hydrogen (secondary N) is 1. The van der Waals surface area contributed by atoms with Gasteiger partial charge in [-0.1, -0.05) is 6.42 Å². The van der Waals surface area contributed by atoms with Crippen molar-refractivity contribution in [3.8, 4) is 21.8 Å². The molecule has 0 radical (unpaired) electrons. The Morgan fingerprint density at radius 2 is 2.14 bits per heavy atom. The minimum Gasteiger partial charge on any atom is -0.336 e. The van der Waals surface area contributed by atoms with Crippen molar-refractivity contribution in [1.29, 1.82) is 0 Å². The normalized spacial score (nSPS) is 14.1. The summed E-state index contributed by atoms with van der Waals surface area (Å²) in [6.07, 6.45) is 11.6. The molecule has 7 heteroatoms. The monoisotopic (exact) mass is 403 g/mol. The van der Waals surface area contributed by atoms with Gasteiger partial charge in [0.1, 0.15) is 5.65 Å². The lowest BCUT2D eigenvalue weighted by atomic mass is 9.83. The summed E-state index contributed by atoms with van der Waals surface area (Å²) in [4.78, 5) is 26.9. The number of carbonyl (C=O) groups excluding carboxylic acids is 1. The van der Waals surface area contributed by atoms with Gasteiger partial charge in [-0.25, -0.2) is 9.97 Å². The molecule has 0 bridgehead atoms. The topological polar surface area (TPSA) is 72.7 Å². The number of nitrogens with zero attached hydrogens (tertiary/aromatic N) is 4. The van der Waals surface area contributed by atoms with E-state index in [1.165, 1.54) is 19.3 Å². The Labute approximate surface area is 172 Å². The van der Waals surface area contributed by atoms with E-state index in [0.717, 1.165) is 38.5 Å².